The molecule has 1 aromatic carbocycles. The van der Waals surface area contributed by atoms with Gasteiger partial charge in [-0.15, -0.1) is 0 Å². The highest BCUT2D eigenvalue weighted by Crippen LogP contribution is 2.40. The molecule has 0 saturated carbocycles. The van der Waals surface area contributed by atoms with Crippen LogP contribution in [0.4, 0.5) is 9.18 Å². The van der Waals surface area contributed by atoms with Crippen LogP contribution >= 0.6 is 11.6 Å². The minimum atomic E-state index is -1.54. The van der Waals surface area contributed by atoms with E-state index in [2.05, 4.69) is 0 Å². The van der Waals surface area contributed by atoms with Gasteiger partial charge >= 0.3 is 6.03 Å². The molecule has 1 unspecified atom stereocenters. The molecule has 0 spiro atoms. The first-order valence-electron chi connectivity index (χ1n) is 8.63. The van der Waals surface area contributed by atoms with Crippen molar-refractivity contribution in [3.63, 3.8) is 0 Å². The van der Waals surface area contributed by atoms with Gasteiger partial charge < -0.3 is 20.5 Å². The largest absolute Gasteiger partial charge is 0.385 e. The molecule has 7 heteroatoms. The smallest absolute Gasteiger partial charge is 0.315 e. The lowest BCUT2D eigenvalue weighted by molar-refractivity contribution is -0.0626. The summed E-state index contributed by atoms with van der Waals surface area (Å²) in [7, 11) is 1.61. The van der Waals surface area contributed by atoms with Crippen molar-refractivity contribution in [2.24, 2.45) is 5.73 Å². The van der Waals surface area contributed by atoms with E-state index in [0.717, 1.165) is 19.3 Å². The van der Waals surface area contributed by atoms with E-state index >= 15 is 0 Å². The van der Waals surface area contributed by atoms with E-state index in [9.17, 15) is 14.3 Å². The number of rotatable bonds is 7. The quantitative estimate of drug-likeness (QED) is 0.720. The zero-order valence-corrected chi connectivity index (χ0v) is 15.3. The first kappa shape index (κ1) is 19.9. The maximum absolute atomic E-state index is 14.7. The fourth-order valence-electron chi connectivity index (χ4n) is 3.65. The summed E-state index contributed by atoms with van der Waals surface area (Å²) in [5.74, 6) is -0.645. The Morgan fingerprint density at radius 1 is 1.48 bits per heavy atom. The number of carbonyl (C=O) groups excluding carboxylic acids is 1. The Labute approximate surface area is 152 Å². The molecule has 0 bridgehead atoms. The summed E-state index contributed by atoms with van der Waals surface area (Å²) in [5, 5.41) is 11.5. The van der Waals surface area contributed by atoms with Crippen molar-refractivity contribution in [2.45, 2.75) is 50.2 Å². The number of ether oxygens (including phenoxy) is 1. The fourth-order valence-corrected chi connectivity index (χ4v) is 3.83. The van der Waals surface area contributed by atoms with Gasteiger partial charge in [-0.3, -0.25) is 0 Å². The summed E-state index contributed by atoms with van der Waals surface area (Å²) in [6, 6.07) is 3.42. The van der Waals surface area contributed by atoms with E-state index in [1.807, 2.05) is 0 Å². The Kier molecular flexibility index (Phi) is 7.04. The second-order valence-electron chi connectivity index (χ2n) is 6.52. The number of halogens is 2. The molecule has 1 saturated heterocycles. The number of piperidine rings is 1. The Hall–Kier alpha value is -1.37. The third-order valence-electron chi connectivity index (χ3n) is 4.91. The Morgan fingerprint density at radius 2 is 2.24 bits per heavy atom. The van der Waals surface area contributed by atoms with Gasteiger partial charge in [-0.1, -0.05) is 23.7 Å². The highest BCUT2D eigenvalue weighted by atomic mass is 35.5. The summed E-state index contributed by atoms with van der Waals surface area (Å²) in [4.78, 5) is 13.3. The normalized spacial score (nSPS) is 20.3. The average molecular weight is 373 g/mol. The van der Waals surface area contributed by atoms with E-state index < -0.39 is 23.5 Å². The summed E-state index contributed by atoms with van der Waals surface area (Å²) in [6.45, 7) is 1.01. The Balaban J connectivity index is 2.40. The van der Waals surface area contributed by atoms with E-state index in [4.69, 9.17) is 22.1 Å². The second kappa shape index (κ2) is 8.83. The van der Waals surface area contributed by atoms with Crippen molar-refractivity contribution in [2.75, 3.05) is 20.3 Å². The number of primary amides is 1. The summed E-state index contributed by atoms with van der Waals surface area (Å²) in [5.41, 5.74) is 4.09. The molecule has 0 radical (unpaired) electrons. The van der Waals surface area contributed by atoms with E-state index in [0.29, 0.717) is 32.4 Å². The number of unbranched alkanes of at least 4 members (excludes halogenated alkanes) is 1. The molecule has 0 aliphatic carbocycles. The van der Waals surface area contributed by atoms with Crippen LogP contribution in [-0.4, -0.2) is 42.3 Å². The molecule has 2 atom stereocenters. The molecule has 1 heterocycles. The molecule has 1 fully saturated rings. The summed E-state index contributed by atoms with van der Waals surface area (Å²) < 4.78 is 19.8. The molecule has 140 valence electrons. The standard InChI is InChI=1S/C18H26ClFN2O3/c1-25-12-5-3-10-18(24,13-7-6-8-14(19)16(13)20)15-9-2-4-11-22(15)17(21)23/h6-8,15,24H,2-5,9-12H2,1H3,(H2,21,23)/t15?,18-/m0/s1. The van der Waals surface area contributed by atoms with Crippen LogP contribution in [-0.2, 0) is 10.3 Å². The third-order valence-corrected chi connectivity index (χ3v) is 5.20. The number of hydrogen-bond donors (Lipinski definition) is 2. The van der Waals surface area contributed by atoms with Crippen LogP contribution in [0.5, 0.6) is 0 Å². The van der Waals surface area contributed by atoms with Gasteiger partial charge in [0.25, 0.3) is 0 Å². The first-order valence-corrected chi connectivity index (χ1v) is 9.01. The van der Waals surface area contributed by atoms with Crippen molar-refractivity contribution in [3.05, 3.63) is 34.6 Å². The fraction of sp³-hybridized carbons (Fsp3) is 0.611. The molecule has 2 rings (SSSR count). The van der Waals surface area contributed by atoms with Crippen LogP contribution < -0.4 is 5.73 Å². The molecular weight excluding hydrogens is 347 g/mol. The van der Waals surface area contributed by atoms with Gasteiger partial charge in [-0.25, -0.2) is 9.18 Å². The lowest BCUT2D eigenvalue weighted by Gasteiger charge is -2.45. The van der Waals surface area contributed by atoms with Crippen LogP contribution in [0.2, 0.25) is 5.02 Å². The Bertz CT molecular complexity index is 602. The van der Waals surface area contributed by atoms with Crippen LogP contribution in [0.25, 0.3) is 0 Å². The zero-order chi connectivity index (χ0) is 18.4. The lowest BCUT2D eigenvalue weighted by atomic mass is 9.77. The average Bonchev–Trinajstić information content (AvgIpc) is 2.61. The molecule has 2 amide bonds. The molecule has 1 aliphatic rings. The van der Waals surface area contributed by atoms with Gasteiger partial charge in [0.2, 0.25) is 0 Å². The minimum Gasteiger partial charge on any atom is -0.385 e. The van der Waals surface area contributed by atoms with Gasteiger partial charge in [0.05, 0.1) is 11.1 Å². The molecule has 3 N–H and O–H groups in total. The zero-order valence-electron chi connectivity index (χ0n) is 14.5. The SMILES string of the molecule is COCCCC[C@](O)(c1cccc(Cl)c1F)C1CCCCN1C(N)=O. The van der Waals surface area contributed by atoms with E-state index in [1.165, 1.54) is 17.0 Å². The van der Waals surface area contributed by atoms with E-state index in [1.54, 1.807) is 13.2 Å². The minimum absolute atomic E-state index is 0.0470. The van der Waals surface area contributed by atoms with Crippen molar-refractivity contribution >= 4 is 17.6 Å². The van der Waals surface area contributed by atoms with Crippen molar-refractivity contribution < 1.29 is 19.0 Å². The van der Waals surface area contributed by atoms with Crippen LogP contribution in [0, 0.1) is 5.82 Å². The van der Waals surface area contributed by atoms with Crippen LogP contribution in [0.1, 0.15) is 44.1 Å². The summed E-state index contributed by atoms with van der Waals surface area (Å²) in [6.07, 6.45) is 3.87. The number of carbonyl (C=O) groups is 1. The number of nitrogens with zero attached hydrogens (tertiary/aromatic N) is 1. The van der Waals surface area contributed by atoms with Crippen molar-refractivity contribution in [1.82, 2.24) is 4.90 Å². The molecule has 1 aliphatic heterocycles. The first-order chi connectivity index (χ1) is 11.9. The van der Waals surface area contributed by atoms with Crippen LogP contribution in [0.15, 0.2) is 18.2 Å². The van der Waals surface area contributed by atoms with Gasteiger partial charge in [0.15, 0.2) is 0 Å². The topological polar surface area (TPSA) is 75.8 Å². The lowest BCUT2D eigenvalue weighted by Crippen LogP contribution is -2.57. The molecule has 25 heavy (non-hydrogen) atoms. The number of methoxy groups -OCH3 is 1. The maximum atomic E-state index is 14.7. The maximum Gasteiger partial charge on any atom is 0.315 e. The Morgan fingerprint density at radius 3 is 2.92 bits per heavy atom. The van der Waals surface area contributed by atoms with Crippen molar-refractivity contribution in [1.29, 1.82) is 0 Å². The molecule has 0 aromatic heterocycles. The number of nitrogens with two attached hydrogens (primary N) is 1. The third kappa shape index (κ3) is 4.43. The number of amides is 2. The van der Waals surface area contributed by atoms with Crippen molar-refractivity contribution in [3.8, 4) is 0 Å². The van der Waals surface area contributed by atoms with Gasteiger partial charge in [-0.05, 0) is 44.6 Å². The number of hydrogen-bond acceptors (Lipinski definition) is 3. The highest BCUT2D eigenvalue weighted by Gasteiger charge is 2.45. The van der Waals surface area contributed by atoms with Gasteiger partial charge in [0.1, 0.15) is 11.4 Å². The second-order valence-corrected chi connectivity index (χ2v) is 6.93. The summed E-state index contributed by atoms with van der Waals surface area (Å²) >= 11 is 5.93. The monoisotopic (exact) mass is 372 g/mol. The predicted octanol–water partition coefficient (Wildman–Crippen LogP) is 3.42. The highest BCUT2D eigenvalue weighted by molar-refractivity contribution is 6.30. The predicted molar refractivity (Wildman–Crippen MR) is 95.0 cm³/mol. The number of benzene rings is 1. The van der Waals surface area contributed by atoms with E-state index in [-0.39, 0.29) is 10.6 Å². The number of aliphatic hydroxyl groups is 1. The molecule has 5 nitrogen and oxygen atoms in total. The number of likely N-dealkylation sites (tertiary alicyclic amines) is 1. The van der Waals surface area contributed by atoms with Gasteiger partial charge in [0, 0.05) is 25.8 Å². The molecular formula is C18H26ClFN2O3. The number of urea groups is 1. The van der Waals surface area contributed by atoms with Gasteiger partial charge in [-0.2, -0.15) is 0 Å². The molecule has 1 aromatic rings. The van der Waals surface area contributed by atoms with Crippen LogP contribution in [0.3, 0.4) is 0 Å².